The quantitative estimate of drug-likeness (QED) is 0.357. The number of benzene rings is 1. The van der Waals surface area contributed by atoms with Crippen LogP contribution in [0.3, 0.4) is 0 Å². The number of nitro groups is 1. The van der Waals surface area contributed by atoms with Crippen molar-refractivity contribution in [1.29, 1.82) is 0 Å². The summed E-state index contributed by atoms with van der Waals surface area (Å²) in [6.45, 7) is 1.41. The number of amides is 1. The van der Waals surface area contributed by atoms with E-state index in [1.54, 1.807) is 22.6 Å². The lowest BCUT2D eigenvalue weighted by atomic mass is 10.2. The van der Waals surface area contributed by atoms with Crippen LogP contribution in [0.25, 0.3) is 0 Å². The molecule has 0 atom stereocenters. The van der Waals surface area contributed by atoms with Crippen molar-refractivity contribution < 1.29 is 14.5 Å². The van der Waals surface area contributed by atoms with E-state index >= 15 is 0 Å². The summed E-state index contributed by atoms with van der Waals surface area (Å²) < 4.78 is 0.251. The first-order chi connectivity index (χ1) is 9.90. The Morgan fingerprint density at radius 2 is 2.14 bits per heavy atom. The van der Waals surface area contributed by atoms with E-state index in [0.29, 0.717) is 4.88 Å². The Balaban J connectivity index is 2.26. The van der Waals surface area contributed by atoms with Gasteiger partial charge in [-0.25, -0.2) is 4.98 Å². The van der Waals surface area contributed by atoms with Gasteiger partial charge in [-0.1, -0.05) is 17.4 Å². The highest BCUT2D eigenvalue weighted by Gasteiger charge is 2.20. The van der Waals surface area contributed by atoms with E-state index in [2.05, 4.69) is 10.3 Å². The molecule has 1 aromatic heterocycles. The number of rotatable bonds is 4. The molecule has 0 aliphatic carbocycles. The monoisotopic (exact) mass is 417 g/mol. The minimum Gasteiger partial charge on any atom is -0.298 e. The number of carbonyl (C=O) groups is 2. The molecule has 2 rings (SSSR count). The summed E-state index contributed by atoms with van der Waals surface area (Å²) in [7, 11) is 0. The average molecular weight is 417 g/mol. The van der Waals surface area contributed by atoms with Crippen molar-refractivity contribution in [1.82, 2.24) is 4.98 Å². The molecule has 1 N–H and O–H groups in total. The van der Waals surface area contributed by atoms with Crippen LogP contribution in [0.4, 0.5) is 10.8 Å². The van der Waals surface area contributed by atoms with Gasteiger partial charge in [0.2, 0.25) is 0 Å². The van der Waals surface area contributed by atoms with E-state index in [-0.39, 0.29) is 25.7 Å². The number of halogens is 1. The zero-order valence-electron chi connectivity index (χ0n) is 10.6. The van der Waals surface area contributed by atoms with Gasteiger partial charge in [0.25, 0.3) is 11.6 Å². The highest BCUT2D eigenvalue weighted by Crippen LogP contribution is 2.25. The average Bonchev–Trinajstić information content (AvgIpc) is 2.87. The third-order valence-corrected chi connectivity index (χ3v) is 4.64. The number of nitrogens with one attached hydrogen (secondary N) is 1. The summed E-state index contributed by atoms with van der Waals surface area (Å²) >= 11 is 2.81. The summed E-state index contributed by atoms with van der Waals surface area (Å²) in [4.78, 5) is 38.0. The fraction of sp³-hybridized carbons (Fsp3) is 0.0833. The normalized spacial score (nSPS) is 10.2. The number of carbonyl (C=O) groups excluding carboxylic acids is 2. The molecule has 0 fully saturated rings. The Labute approximate surface area is 136 Å². The lowest BCUT2D eigenvalue weighted by Crippen LogP contribution is -2.14. The van der Waals surface area contributed by atoms with Crippen LogP contribution in [-0.2, 0) is 0 Å². The molecule has 1 heterocycles. The lowest BCUT2D eigenvalue weighted by Gasteiger charge is -2.04. The van der Waals surface area contributed by atoms with Crippen LogP contribution in [0.15, 0.2) is 24.4 Å². The van der Waals surface area contributed by atoms with E-state index in [4.69, 9.17) is 0 Å². The van der Waals surface area contributed by atoms with E-state index in [0.717, 1.165) is 11.3 Å². The molecule has 1 amide bonds. The van der Waals surface area contributed by atoms with Crippen molar-refractivity contribution in [2.75, 3.05) is 5.32 Å². The topological polar surface area (TPSA) is 102 Å². The zero-order chi connectivity index (χ0) is 15.6. The van der Waals surface area contributed by atoms with Crippen LogP contribution in [0.2, 0.25) is 0 Å². The van der Waals surface area contributed by atoms with E-state index in [9.17, 15) is 19.7 Å². The number of nitro benzene ring substituents is 1. The molecular weight excluding hydrogens is 409 g/mol. The summed E-state index contributed by atoms with van der Waals surface area (Å²) in [5, 5.41) is 13.7. The van der Waals surface area contributed by atoms with Crippen LogP contribution in [-0.4, -0.2) is 21.6 Å². The van der Waals surface area contributed by atoms with Gasteiger partial charge in [-0.15, -0.1) is 0 Å². The summed E-state index contributed by atoms with van der Waals surface area (Å²) in [5.74, 6) is -0.648. The van der Waals surface area contributed by atoms with Crippen molar-refractivity contribution in [2.24, 2.45) is 0 Å². The second-order valence-electron chi connectivity index (χ2n) is 3.94. The van der Waals surface area contributed by atoms with E-state index in [1.165, 1.54) is 31.3 Å². The molecule has 1 aromatic carbocycles. The minimum absolute atomic E-state index is 0.133. The fourth-order valence-electron chi connectivity index (χ4n) is 1.50. The molecule has 21 heavy (non-hydrogen) atoms. The molecule has 0 aliphatic rings. The van der Waals surface area contributed by atoms with Gasteiger partial charge in [0.05, 0.1) is 21.6 Å². The van der Waals surface area contributed by atoms with Gasteiger partial charge < -0.3 is 0 Å². The highest BCUT2D eigenvalue weighted by molar-refractivity contribution is 14.1. The molecule has 0 bridgehead atoms. The predicted octanol–water partition coefficient (Wildman–Crippen LogP) is 3.11. The smallest absolute Gasteiger partial charge is 0.283 e. The van der Waals surface area contributed by atoms with Crippen molar-refractivity contribution >= 4 is 56.4 Å². The first-order valence-corrected chi connectivity index (χ1v) is 7.50. The number of thiazole rings is 1. The molecule has 0 spiro atoms. The fourth-order valence-corrected chi connectivity index (χ4v) is 3.00. The standard InChI is InChI=1S/C12H8IN3O4S/c1-6(17)9-5-14-12(21-9)15-11(18)7-3-2-4-8(10(7)13)16(19)20/h2-5H,1H3,(H,14,15,18). The minimum atomic E-state index is -0.546. The van der Waals surface area contributed by atoms with E-state index in [1.807, 2.05) is 0 Å². The first kappa shape index (κ1) is 15.5. The van der Waals surface area contributed by atoms with Crippen molar-refractivity contribution in [3.8, 4) is 0 Å². The molecule has 0 unspecified atom stereocenters. The maximum atomic E-state index is 12.1. The number of hydrogen-bond acceptors (Lipinski definition) is 6. The Bertz CT molecular complexity index is 744. The number of ketones is 1. The van der Waals surface area contributed by atoms with Gasteiger partial charge in [-0.05, 0) is 28.7 Å². The second-order valence-corrected chi connectivity index (χ2v) is 6.05. The number of hydrogen-bond donors (Lipinski definition) is 1. The summed E-state index contributed by atoms with van der Waals surface area (Å²) in [6.07, 6.45) is 1.38. The Morgan fingerprint density at radius 3 is 2.71 bits per heavy atom. The summed E-state index contributed by atoms with van der Waals surface area (Å²) in [5.41, 5.74) is 0.0520. The van der Waals surface area contributed by atoms with Gasteiger partial charge in [0, 0.05) is 13.0 Å². The largest absolute Gasteiger partial charge is 0.298 e. The van der Waals surface area contributed by atoms with Crippen LogP contribution in [0, 0.1) is 13.7 Å². The van der Waals surface area contributed by atoms with Gasteiger partial charge in [0.1, 0.15) is 3.57 Å². The highest BCUT2D eigenvalue weighted by atomic mass is 127. The zero-order valence-corrected chi connectivity index (χ0v) is 13.6. The third kappa shape index (κ3) is 3.42. The number of Topliss-reactive ketones (excluding diaryl/α,β-unsaturated/α-hetero) is 1. The maximum Gasteiger partial charge on any atom is 0.283 e. The SMILES string of the molecule is CC(=O)c1cnc(NC(=O)c2cccc([N+](=O)[O-])c2I)s1. The van der Waals surface area contributed by atoms with Gasteiger partial charge in [0.15, 0.2) is 10.9 Å². The molecular formula is C12H8IN3O4S. The van der Waals surface area contributed by atoms with Gasteiger partial charge in [-0.2, -0.15) is 0 Å². The number of aromatic nitrogens is 1. The van der Waals surface area contributed by atoms with Crippen LogP contribution in [0.5, 0.6) is 0 Å². The molecule has 2 aromatic rings. The predicted molar refractivity (Wildman–Crippen MR) is 85.9 cm³/mol. The molecule has 0 radical (unpaired) electrons. The van der Waals surface area contributed by atoms with Crippen LogP contribution >= 0.6 is 33.9 Å². The second kappa shape index (κ2) is 6.26. The molecule has 108 valence electrons. The van der Waals surface area contributed by atoms with Crippen molar-refractivity contribution in [3.63, 3.8) is 0 Å². The Kier molecular flexibility index (Phi) is 4.63. The van der Waals surface area contributed by atoms with Gasteiger partial charge in [-0.3, -0.25) is 25.0 Å². The van der Waals surface area contributed by atoms with Crippen molar-refractivity contribution in [3.05, 3.63) is 48.5 Å². The van der Waals surface area contributed by atoms with Crippen molar-refractivity contribution in [2.45, 2.75) is 6.92 Å². The molecule has 0 saturated heterocycles. The van der Waals surface area contributed by atoms with Crippen LogP contribution < -0.4 is 5.32 Å². The maximum absolute atomic E-state index is 12.1. The Morgan fingerprint density at radius 1 is 1.43 bits per heavy atom. The first-order valence-electron chi connectivity index (χ1n) is 5.61. The third-order valence-electron chi connectivity index (χ3n) is 2.49. The molecule has 9 heteroatoms. The number of anilines is 1. The number of nitrogens with zero attached hydrogens (tertiary/aromatic N) is 2. The Hall–Kier alpha value is -1.88. The summed E-state index contributed by atoms with van der Waals surface area (Å²) in [6, 6.07) is 4.26. The molecule has 7 nitrogen and oxygen atoms in total. The van der Waals surface area contributed by atoms with E-state index < -0.39 is 10.8 Å². The molecule has 0 aliphatic heterocycles. The lowest BCUT2D eigenvalue weighted by molar-refractivity contribution is -0.385. The van der Waals surface area contributed by atoms with Crippen LogP contribution in [0.1, 0.15) is 27.0 Å². The molecule has 0 saturated carbocycles. The van der Waals surface area contributed by atoms with Gasteiger partial charge >= 0.3 is 0 Å².